The minimum atomic E-state index is -0.298. The van der Waals surface area contributed by atoms with E-state index in [0.29, 0.717) is 10.7 Å². The first-order valence-electron chi connectivity index (χ1n) is 5.97. The van der Waals surface area contributed by atoms with E-state index in [9.17, 15) is 4.39 Å². The molecule has 94 valence electrons. The average Bonchev–Trinajstić information content (AvgIpc) is 3.00. The Balaban J connectivity index is 2.06. The third-order valence-corrected chi connectivity index (χ3v) is 3.57. The van der Waals surface area contributed by atoms with Crippen LogP contribution in [-0.4, -0.2) is 16.1 Å². The van der Waals surface area contributed by atoms with Crippen molar-refractivity contribution in [3.8, 4) is 5.69 Å². The highest BCUT2D eigenvalue weighted by Gasteiger charge is 2.21. The average molecular weight is 266 g/mol. The Bertz CT molecular complexity index is 561. The van der Waals surface area contributed by atoms with Crippen LogP contribution in [0.5, 0.6) is 0 Å². The molecule has 1 saturated heterocycles. The zero-order chi connectivity index (χ0) is 12.5. The number of benzene rings is 1. The summed E-state index contributed by atoms with van der Waals surface area (Å²) in [6, 6.07) is 4.63. The molecule has 0 spiro atoms. The smallest absolute Gasteiger partial charge is 0.125 e. The van der Waals surface area contributed by atoms with Gasteiger partial charge in [-0.1, -0.05) is 11.6 Å². The van der Waals surface area contributed by atoms with Crippen LogP contribution in [-0.2, 0) is 0 Å². The molecule has 0 radical (unpaired) electrons. The van der Waals surface area contributed by atoms with Gasteiger partial charge in [-0.3, -0.25) is 0 Å². The van der Waals surface area contributed by atoms with E-state index in [-0.39, 0.29) is 11.9 Å². The summed E-state index contributed by atoms with van der Waals surface area (Å²) in [5.74, 6) is -0.298. The van der Waals surface area contributed by atoms with Gasteiger partial charge in [0.15, 0.2) is 0 Å². The number of nitrogens with zero attached hydrogens (tertiary/aromatic N) is 2. The van der Waals surface area contributed by atoms with Crippen LogP contribution in [0.3, 0.4) is 0 Å². The lowest BCUT2D eigenvalue weighted by molar-refractivity contribution is 0.609. The first-order valence-corrected chi connectivity index (χ1v) is 6.34. The molecule has 1 fully saturated rings. The van der Waals surface area contributed by atoms with Crippen LogP contribution in [0, 0.1) is 5.82 Å². The molecule has 1 aliphatic heterocycles. The maximum Gasteiger partial charge on any atom is 0.125 e. The van der Waals surface area contributed by atoms with Crippen molar-refractivity contribution in [3.05, 3.63) is 47.3 Å². The third kappa shape index (κ3) is 2.02. The lowest BCUT2D eigenvalue weighted by Crippen LogP contribution is -2.16. The number of imidazole rings is 1. The molecule has 0 saturated carbocycles. The van der Waals surface area contributed by atoms with Gasteiger partial charge in [-0.05, 0) is 37.6 Å². The standard InChI is InChI=1S/C13H13ClFN3/c14-10-4-3-9(15)6-12(10)18-8-16-7-13(18)11-2-1-5-17-11/h3-4,6-8,11,17H,1-2,5H2. The van der Waals surface area contributed by atoms with Crippen LogP contribution in [0.2, 0.25) is 5.02 Å². The van der Waals surface area contributed by atoms with E-state index in [1.807, 2.05) is 10.8 Å². The minimum Gasteiger partial charge on any atom is -0.309 e. The summed E-state index contributed by atoms with van der Waals surface area (Å²) < 4.78 is 15.2. The van der Waals surface area contributed by atoms with Gasteiger partial charge in [-0.15, -0.1) is 0 Å². The first kappa shape index (κ1) is 11.7. The van der Waals surface area contributed by atoms with E-state index in [1.165, 1.54) is 12.1 Å². The predicted molar refractivity (Wildman–Crippen MR) is 68.5 cm³/mol. The van der Waals surface area contributed by atoms with Gasteiger partial charge in [0.05, 0.1) is 28.9 Å². The Kier molecular flexibility index (Phi) is 3.06. The fraction of sp³-hybridized carbons (Fsp3) is 0.308. The SMILES string of the molecule is Fc1ccc(Cl)c(-n2cncc2C2CCCN2)c1. The molecule has 1 atom stereocenters. The molecule has 0 amide bonds. The van der Waals surface area contributed by atoms with Crippen molar-refractivity contribution >= 4 is 11.6 Å². The largest absolute Gasteiger partial charge is 0.309 e. The Morgan fingerprint density at radius 3 is 3.11 bits per heavy atom. The van der Waals surface area contributed by atoms with Crippen molar-refractivity contribution in [2.45, 2.75) is 18.9 Å². The molecule has 2 heterocycles. The van der Waals surface area contributed by atoms with Crippen LogP contribution in [0.25, 0.3) is 5.69 Å². The summed E-state index contributed by atoms with van der Waals surface area (Å²) >= 11 is 6.13. The van der Waals surface area contributed by atoms with Gasteiger partial charge in [0.1, 0.15) is 5.82 Å². The number of halogens is 2. The monoisotopic (exact) mass is 265 g/mol. The Hall–Kier alpha value is -1.39. The van der Waals surface area contributed by atoms with Crippen molar-refractivity contribution in [2.75, 3.05) is 6.54 Å². The highest BCUT2D eigenvalue weighted by atomic mass is 35.5. The summed E-state index contributed by atoms with van der Waals surface area (Å²) in [6.45, 7) is 1.01. The first-order chi connectivity index (χ1) is 8.75. The van der Waals surface area contributed by atoms with E-state index in [1.54, 1.807) is 12.4 Å². The summed E-state index contributed by atoms with van der Waals surface area (Å²) in [4.78, 5) is 4.16. The molecular formula is C13H13ClFN3. The molecule has 2 aromatic rings. The van der Waals surface area contributed by atoms with Gasteiger partial charge in [0.2, 0.25) is 0 Å². The van der Waals surface area contributed by atoms with Crippen LogP contribution in [0.4, 0.5) is 4.39 Å². The number of aromatic nitrogens is 2. The molecule has 5 heteroatoms. The topological polar surface area (TPSA) is 29.9 Å². The molecule has 18 heavy (non-hydrogen) atoms. The molecule has 3 rings (SSSR count). The van der Waals surface area contributed by atoms with E-state index in [0.717, 1.165) is 25.1 Å². The molecule has 1 N–H and O–H groups in total. The molecule has 1 unspecified atom stereocenters. The third-order valence-electron chi connectivity index (χ3n) is 3.25. The van der Waals surface area contributed by atoms with Gasteiger partial charge in [0, 0.05) is 6.04 Å². The second-order valence-electron chi connectivity index (χ2n) is 4.43. The number of rotatable bonds is 2. The molecule has 0 aliphatic carbocycles. The van der Waals surface area contributed by atoms with Gasteiger partial charge >= 0.3 is 0 Å². The molecule has 1 aliphatic rings. The Morgan fingerprint density at radius 1 is 1.44 bits per heavy atom. The molecule has 3 nitrogen and oxygen atoms in total. The normalized spacial score (nSPS) is 19.3. The Labute approximate surface area is 110 Å². The zero-order valence-electron chi connectivity index (χ0n) is 9.74. The summed E-state index contributed by atoms with van der Waals surface area (Å²) in [5.41, 5.74) is 1.66. The summed E-state index contributed by atoms with van der Waals surface area (Å²) in [6.07, 6.45) is 5.70. The number of hydrogen-bond acceptors (Lipinski definition) is 2. The second kappa shape index (κ2) is 4.71. The minimum absolute atomic E-state index is 0.270. The van der Waals surface area contributed by atoms with E-state index < -0.39 is 0 Å². The van der Waals surface area contributed by atoms with Gasteiger partial charge in [-0.2, -0.15) is 0 Å². The molecular weight excluding hydrogens is 253 g/mol. The molecule has 1 aromatic carbocycles. The Morgan fingerprint density at radius 2 is 2.33 bits per heavy atom. The van der Waals surface area contributed by atoms with Gasteiger partial charge < -0.3 is 9.88 Å². The van der Waals surface area contributed by atoms with Crippen molar-refractivity contribution in [2.24, 2.45) is 0 Å². The van der Waals surface area contributed by atoms with Crippen LogP contribution in [0.15, 0.2) is 30.7 Å². The molecule has 0 bridgehead atoms. The lowest BCUT2D eigenvalue weighted by Gasteiger charge is -2.15. The predicted octanol–water partition coefficient (Wildman–Crippen LogP) is 3.09. The number of hydrogen-bond donors (Lipinski definition) is 1. The zero-order valence-corrected chi connectivity index (χ0v) is 10.5. The maximum absolute atomic E-state index is 13.3. The van der Waals surface area contributed by atoms with Crippen LogP contribution in [0.1, 0.15) is 24.6 Å². The van der Waals surface area contributed by atoms with Crippen molar-refractivity contribution in [1.29, 1.82) is 0 Å². The van der Waals surface area contributed by atoms with Crippen LogP contribution < -0.4 is 5.32 Å². The summed E-state index contributed by atoms with van der Waals surface area (Å²) in [7, 11) is 0. The highest BCUT2D eigenvalue weighted by Crippen LogP contribution is 2.28. The molecule has 1 aromatic heterocycles. The quantitative estimate of drug-likeness (QED) is 0.904. The van der Waals surface area contributed by atoms with Crippen molar-refractivity contribution < 1.29 is 4.39 Å². The fourth-order valence-corrected chi connectivity index (χ4v) is 2.58. The van der Waals surface area contributed by atoms with E-state index >= 15 is 0 Å². The van der Waals surface area contributed by atoms with Gasteiger partial charge in [-0.25, -0.2) is 9.37 Å². The van der Waals surface area contributed by atoms with E-state index in [4.69, 9.17) is 11.6 Å². The second-order valence-corrected chi connectivity index (χ2v) is 4.84. The van der Waals surface area contributed by atoms with Crippen molar-refractivity contribution in [1.82, 2.24) is 14.9 Å². The van der Waals surface area contributed by atoms with Crippen LogP contribution >= 0.6 is 11.6 Å². The highest BCUT2D eigenvalue weighted by molar-refractivity contribution is 6.32. The maximum atomic E-state index is 13.3. The lowest BCUT2D eigenvalue weighted by atomic mass is 10.1. The fourth-order valence-electron chi connectivity index (χ4n) is 2.37. The summed E-state index contributed by atoms with van der Waals surface area (Å²) in [5, 5.41) is 3.93. The van der Waals surface area contributed by atoms with E-state index in [2.05, 4.69) is 10.3 Å². The van der Waals surface area contributed by atoms with Crippen molar-refractivity contribution in [3.63, 3.8) is 0 Å². The van der Waals surface area contributed by atoms with Gasteiger partial charge in [0.25, 0.3) is 0 Å². The number of nitrogens with one attached hydrogen (secondary N) is 1.